The normalized spacial score (nSPS) is 9.75. The van der Waals surface area contributed by atoms with Crippen molar-refractivity contribution in [1.29, 1.82) is 0 Å². The van der Waals surface area contributed by atoms with E-state index in [1.807, 2.05) is 6.42 Å². The number of unbranched alkanes of at least 4 members (excludes halogenated alkanes) is 3. The predicted molar refractivity (Wildman–Crippen MR) is 34.3 cm³/mol. The number of aliphatic hydroxyl groups is 1. The fourth-order valence-electron chi connectivity index (χ4n) is 0.524. The lowest BCUT2D eigenvalue weighted by molar-refractivity contribution is 0.322. The molecule has 49 valence electrons. The lowest BCUT2D eigenvalue weighted by atomic mass is 10.2. The van der Waals surface area contributed by atoms with Crippen LogP contribution in [-0.2, 0) is 0 Å². The molecule has 0 amide bonds. The zero-order valence-electron chi connectivity index (χ0n) is 5.14. The van der Waals surface area contributed by atoms with Gasteiger partial charge in [0.2, 0.25) is 0 Å². The van der Waals surface area contributed by atoms with Gasteiger partial charge < -0.3 is 10.8 Å². The Hall–Kier alpha value is -0.0800. The average molecular weight is 116 g/mol. The predicted octanol–water partition coefficient (Wildman–Crippen LogP) is 0.312. The number of hydrogen-bond acceptors (Lipinski definition) is 2. The Balaban J connectivity index is 2.53. The van der Waals surface area contributed by atoms with E-state index in [1.54, 1.807) is 0 Å². The minimum atomic E-state index is 0.199. The highest BCUT2D eigenvalue weighted by atomic mass is 16.2. The van der Waals surface area contributed by atoms with E-state index in [2.05, 4.69) is 0 Å². The van der Waals surface area contributed by atoms with E-state index in [1.165, 1.54) is 0 Å². The van der Waals surface area contributed by atoms with Crippen LogP contribution in [0.4, 0.5) is 0 Å². The molecule has 0 aromatic carbocycles. The first-order valence-electron chi connectivity index (χ1n) is 3.04. The van der Waals surface area contributed by atoms with Crippen LogP contribution in [0.25, 0.3) is 0 Å². The van der Waals surface area contributed by atoms with Crippen molar-refractivity contribution >= 4 is 0 Å². The van der Waals surface area contributed by atoms with Gasteiger partial charge in [0.25, 0.3) is 0 Å². The molecule has 8 heavy (non-hydrogen) atoms. The van der Waals surface area contributed by atoms with Gasteiger partial charge in [-0.3, -0.25) is 0 Å². The van der Waals surface area contributed by atoms with Crippen molar-refractivity contribution in [2.24, 2.45) is 5.73 Å². The molecule has 0 spiro atoms. The van der Waals surface area contributed by atoms with Crippen molar-refractivity contribution in [3.05, 3.63) is 6.42 Å². The first kappa shape index (κ1) is 7.92. The summed E-state index contributed by atoms with van der Waals surface area (Å²) in [4.78, 5) is 0. The quantitative estimate of drug-likeness (QED) is 0.508. The highest BCUT2D eigenvalue weighted by Crippen LogP contribution is 1.94. The molecule has 0 aliphatic heterocycles. The Morgan fingerprint density at radius 1 is 1.38 bits per heavy atom. The summed E-state index contributed by atoms with van der Waals surface area (Å²) in [6.07, 6.45) is 5.02. The Labute approximate surface area is 50.7 Å². The molecule has 0 heterocycles. The van der Waals surface area contributed by atoms with Crippen molar-refractivity contribution in [1.82, 2.24) is 0 Å². The van der Waals surface area contributed by atoms with Crippen molar-refractivity contribution in [3.8, 4) is 0 Å². The maximum atomic E-state index is 8.28. The highest BCUT2D eigenvalue weighted by Gasteiger charge is 1.84. The molecule has 0 bridgehead atoms. The Bertz CT molecular complexity index is 33.5. The molecule has 0 fully saturated rings. The number of hydrogen-bond donors (Lipinski definition) is 2. The molecule has 3 N–H and O–H groups in total. The monoisotopic (exact) mass is 116 g/mol. The van der Waals surface area contributed by atoms with Gasteiger partial charge in [0, 0.05) is 6.61 Å². The number of nitrogens with two attached hydrogens (primary N) is 1. The van der Waals surface area contributed by atoms with Crippen molar-refractivity contribution in [2.75, 3.05) is 13.2 Å². The third-order valence-corrected chi connectivity index (χ3v) is 0.991. The van der Waals surface area contributed by atoms with Crippen molar-refractivity contribution in [3.63, 3.8) is 0 Å². The summed E-state index contributed by atoms with van der Waals surface area (Å²) in [5, 5.41) is 8.28. The molecule has 0 saturated carbocycles. The molecule has 1 radical (unpaired) electrons. The van der Waals surface area contributed by atoms with E-state index in [4.69, 9.17) is 10.8 Å². The van der Waals surface area contributed by atoms with Gasteiger partial charge in [0.05, 0.1) is 0 Å². The standard InChI is InChI=1S/C6H14NO/c7-5-3-1-2-4-6-8/h4,8H,1-3,5-7H2. The molecule has 0 atom stereocenters. The number of rotatable bonds is 5. The van der Waals surface area contributed by atoms with E-state index in [0.29, 0.717) is 0 Å². The van der Waals surface area contributed by atoms with Crippen LogP contribution in [0.1, 0.15) is 19.3 Å². The lowest BCUT2D eigenvalue weighted by Gasteiger charge is -1.93. The average Bonchev–Trinajstić information content (AvgIpc) is 1.81. The molecule has 2 heteroatoms. The SMILES string of the molecule is NCCCC[CH]CO. The van der Waals surface area contributed by atoms with Gasteiger partial charge in [-0.25, -0.2) is 0 Å². The third-order valence-electron chi connectivity index (χ3n) is 0.991. The summed E-state index contributed by atoms with van der Waals surface area (Å²) < 4.78 is 0. The zero-order valence-corrected chi connectivity index (χ0v) is 5.14. The van der Waals surface area contributed by atoms with E-state index < -0.39 is 0 Å². The smallest absolute Gasteiger partial charge is 0.0462 e. The van der Waals surface area contributed by atoms with Gasteiger partial charge >= 0.3 is 0 Å². The summed E-state index contributed by atoms with van der Waals surface area (Å²) in [5.41, 5.74) is 5.23. The second-order valence-corrected chi connectivity index (χ2v) is 1.76. The molecule has 0 rings (SSSR count). The molecule has 2 nitrogen and oxygen atoms in total. The summed E-state index contributed by atoms with van der Waals surface area (Å²) >= 11 is 0. The van der Waals surface area contributed by atoms with Crippen molar-refractivity contribution in [2.45, 2.75) is 19.3 Å². The Morgan fingerprint density at radius 2 is 2.12 bits per heavy atom. The summed E-state index contributed by atoms with van der Waals surface area (Å²) in [6, 6.07) is 0. The van der Waals surface area contributed by atoms with Crippen LogP contribution >= 0.6 is 0 Å². The number of aliphatic hydroxyl groups excluding tert-OH is 1. The maximum absolute atomic E-state index is 8.28. The van der Waals surface area contributed by atoms with Crippen LogP contribution in [0.15, 0.2) is 0 Å². The largest absolute Gasteiger partial charge is 0.396 e. The van der Waals surface area contributed by atoms with E-state index in [9.17, 15) is 0 Å². The fraction of sp³-hybridized carbons (Fsp3) is 0.833. The second kappa shape index (κ2) is 6.92. The minimum absolute atomic E-state index is 0.199. The minimum Gasteiger partial charge on any atom is -0.396 e. The first-order chi connectivity index (χ1) is 3.91. The van der Waals surface area contributed by atoms with Crippen LogP contribution < -0.4 is 5.73 Å². The Morgan fingerprint density at radius 3 is 2.62 bits per heavy atom. The second-order valence-electron chi connectivity index (χ2n) is 1.76. The summed E-state index contributed by atoms with van der Waals surface area (Å²) in [5.74, 6) is 0. The van der Waals surface area contributed by atoms with Crippen LogP contribution in [0.3, 0.4) is 0 Å². The molecule has 0 unspecified atom stereocenters. The molecule has 0 aliphatic rings. The molecule has 0 aromatic rings. The molecule has 0 saturated heterocycles. The molecule has 0 aromatic heterocycles. The molecule has 0 aliphatic carbocycles. The van der Waals surface area contributed by atoms with Crippen LogP contribution in [0.5, 0.6) is 0 Å². The lowest BCUT2D eigenvalue weighted by Crippen LogP contribution is -1.97. The van der Waals surface area contributed by atoms with Gasteiger partial charge in [-0.2, -0.15) is 0 Å². The van der Waals surface area contributed by atoms with Gasteiger partial charge in [0.1, 0.15) is 0 Å². The maximum Gasteiger partial charge on any atom is 0.0462 e. The summed E-state index contributed by atoms with van der Waals surface area (Å²) in [7, 11) is 0. The van der Waals surface area contributed by atoms with E-state index >= 15 is 0 Å². The fourth-order valence-corrected chi connectivity index (χ4v) is 0.524. The summed E-state index contributed by atoms with van der Waals surface area (Å²) in [6.45, 7) is 0.962. The first-order valence-corrected chi connectivity index (χ1v) is 3.04. The van der Waals surface area contributed by atoms with E-state index in [-0.39, 0.29) is 6.61 Å². The van der Waals surface area contributed by atoms with Crippen molar-refractivity contribution < 1.29 is 5.11 Å². The third kappa shape index (κ3) is 5.92. The highest BCUT2D eigenvalue weighted by molar-refractivity contribution is 4.60. The zero-order chi connectivity index (χ0) is 6.24. The molecular formula is C6H14NO. The van der Waals surface area contributed by atoms with Gasteiger partial charge in [-0.1, -0.05) is 6.42 Å². The van der Waals surface area contributed by atoms with Crippen LogP contribution in [-0.4, -0.2) is 18.3 Å². The van der Waals surface area contributed by atoms with Crippen LogP contribution in [0, 0.1) is 6.42 Å². The van der Waals surface area contributed by atoms with Gasteiger partial charge in [-0.05, 0) is 25.8 Å². The van der Waals surface area contributed by atoms with Crippen LogP contribution in [0.2, 0.25) is 0 Å². The Kier molecular flexibility index (Phi) is 6.85. The topological polar surface area (TPSA) is 46.2 Å². The van der Waals surface area contributed by atoms with E-state index in [0.717, 1.165) is 25.8 Å². The van der Waals surface area contributed by atoms with Gasteiger partial charge in [-0.15, -0.1) is 0 Å². The molecular weight excluding hydrogens is 102 g/mol. The van der Waals surface area contributed by atoms with Gasteiger partial charge in [0.15, 0.2) is 0 Å².